The summed E-state index contributed by atoms with van der Waals surface area (Å²) in [5, 5.41) is 3.84. The zero-order chi connectivity index (χ0) is 15.0. The molecule has 20 heavy (non-hydrogen) atoms. The number of carbonyl (C=O) groups excluding carboxylic acids is 2. The van der Waals surface area contributed by atoms with E-state index in [0.29, 0.717) is 13.1 Å². The van der Waals surface area contributed by atoms with Gasteiger partial charge >= 0.3 is 5.97 Å². The van der Waals surface area contributed by atoms with Gasteiger partial charge in [0.1, 0.15) is 0 Å². The fourth-order valence-corrected chi connectivity index (χ4v) is 2.14. The van der Waals surface area contributed by atoms with E-state index in [9.17, 15) is 9.59 Å². The van der Waals surface area contributed by atoms with E-state index in [1.54, 1.807) is 22.3 Å². The zero-order valence-corrected chi connectivity index (χ0v) is 12.6. The van der Waals surface area contributed by atoms with Crippen molar-refractivity contribution in [1.82, 2.24) is 4.90 Å². The average Bonchev–Trinajstić information content (AvgIpc) is 2.92. The number of rotatable bonds is 7. The Balaban J connectivity index is 2.39. The smallest absolute Gasteiger partial charge is 0.331 e. The van der Waals surface area contributed by atoms with Gasteiger partial charge in [0.15, 0.2) is 6.61 Å². The number of hydrogen-bond acceptors (Lipinski definition) is 4. The van der Waals surface area contributed by atoms with Crippen LogP contribution in [0, 0.1) is 0 Å². The van der Waals surface area contributed by atoms with Gasteiger partial charge in [0.25, 0.3) is 5.91 Å². The molecule has 0 saturated carbocycles. The number of ether oxygens (including phenoxy) is 1. The van der Waals surface area contributed by atoms with Crippen molar-refractivity contribution in [2.45, 2.75) is 13.8 Å². The summed E-state index contributed by atoms with van der Waals surface area (Å²) < 4.78 is 4.92. The fraction of sp³-hybridized carbons (Fsp3) is 0.333. The second-order valence-corrected chi connectivity index (χ2v) is 5.14. The first-order valence-electron chi connectivity index (χ1n) is 6.32. The van der Waals surface area contributed by atoms with Gasteiger partial charge in [0, 0.05) is 19.2 Å². The van der Waals surface area contributed by atoms with Crippen molar-refractivity contribution in [3.8, 4) is 0 Å². The Morgan fingerprint density at radius 1 is 1.50 bits per heavy atom. The summed E-state index contributed by atoms with van der Waals surface area (Å²) >= 11 is 1.55. The van der Waals surface area contributed by atoms with Gasteiger partial charge in [0.05, 0.1) is 0 Å². The summed E-state index contributed by atoms with van der Waals surface area (Å²) in [7, 11) is 0. The quantitative estimate of drug-likeness (QED) is 0.441. The van der Waals surface area contributed by atoms with Crippen LogP contribution in [0.15, 0.2) is 35.1 Å². The van der Waals surface area contributed by atoms with Crippen LogP contribution in [0.4, 0.5) is 0 Å². The number of hydrogen-bond donors (Lipinski definition) is 0. The van der Waals surface area contributed by atoms with Crippen molar-refractivity contribution in [2.75, 3.05) is 19.7 Å². The molecule has 1 aromatic heterocycles. The van der Waals surface area contributed by atoms with Crippen LogP contribution >= 0.6 is 11.3 Å². The van der Waals surface area contributed by atoms with Crippen LogP contribution < -0.4 is 0 Å². The number of likely N-dealkylation sites (N-methyl/N-ethyl adjacent to an activating group) is 1. The highest BCUT2D eigenvalue weighted by atomic mass is 32.1. The van der Waals surface area contributed by atoms with Gasteiger partial charge in [0.2, 0.25) is 0 Å². The highest BCUT2D eigenvalue weighted by Crippen LogP contribution is 2.07. The predicted molar refractivity (Wildman–Crippen MR) is 81.4 cm³/mol. The molecular formula is C15H19NO3S. The third-order valence-electron chi connectivity index (χ3n) is 2.49. The number of amides is 1. The molecule has 0 radical (unpaired) electrons. The molecule has 0 aromatic carbocycles. The predicted octanol–water partition coefficient (Wildman–Crippen LogP) is 2.73. The van der Waals surface area contributed by atoms with Crippen LogP contribution in [0.25, 0.3) is 6.08 Å². The summed E-state index contributed by atoms with van der Waals surface area (Å²) in [5.41, 5.74) is 1.83. The molecule has 1 amide bonds. The molecule has 0 aliphatic heterocycles. The first-order chi connectivity index (χ1) is 9.52. The monoisotopic (exact) mass is 293 g/mol. The summed E-state index contributed by atoms with van der Waals surface area (Å²) in [6.07, 6.45) is 2.99. The SMILES string of the molecule is C=C(C)CN(CC)C(=O)COC(=O)/C=C/c1ccsc1. The molecule has 0 aliphatic rings. The molecule has 0 fully saturated rings. The normalized spacial score (nSPS) is 10.5. The van der Waals surface area contributed by atoms with Crippen molar-refractivity contribution in [3.63, 3.8) is 0 Å². The van der Waals surface area contributed by atoms with Crippen LogP contribution in [-0.2, 0) is 14.3 Å². The van der Waals surface area contributed by atoms with Crippen LogP contribution in [0.2, 0.25) is 0 Å². The van der Waals surface area contributed by atoms with Gasteiger partial charge in [-0.2, -0.15) is 11.3 Å². The van der Waals surface area contributed by atoms with Crippen LogP contribution in [0.3, 0.4) is 0 Å². The molecule has 0 atom stereocenters. The number of carbonyl (C=O) groups is 2. The molecule has 0 saturated heterocycles. The van der Waals surface area contributed by atoms with Crippen molar-refractivity contribution in [3.05, 3.63) is 40.6 Å². The average molecular weight is 293 g/mol. The van der Waals surface area contributed by atoms with Gasteiger partial charge in [-0.25, -0.2) is 4.79 Å². The van der Waals surface area contributed by atoms with Gasteiger partial charge in [-0.05, 0) is 42.3 Å². The van der Waals surface area contributed by atoms with Crippen LogP contribution in [0.5, 0.6) is 0 Å². The van der Waals surface area contributed by atoms with Gasteiger partial charge in [-0.3, -0.25) is 4.79 Å². The zero-order valence-electron chi connectivity index (χ0n) is 11.8. The summed E-state index contributed by atoms with van der Waals surface area (Å²) in [5.74, 6) is -0.733. The lowest BCUT2D eigenvalue weighted by molar-refractivity contribution is -0.147. The molecule has 1 heterocycles. The second-order valence-electron chi connectivity index (χ2n) is 4.36. The molecule has 5 heteroatoms. The molecule has 0 N–H and O–H groups in total. The largest absolute Gasteiger partial charge is 0.452 e. The van der Waals surface area contributed by atoms with E-state index in [1.165, 1.54) is 6.08 Å². The number of esters is 1. The third kappa shape index (κ3) is 5.84. The van der Waals surface area contributed by atoms with Crippen molar-refractivity contribution in [1.29, 1.82) is 0 Å². The van der Waals surface area contributed by atoms with E-state index in [2.05, 4.69) is 6.58 Å². The highest BCUT2D eigenvalue weighted by molar-refractivity contribution is 7.08. The third-order valence-corrected chi connectivity index (χ3v) is 3.19. The number of nitrogens with zero attached hydrogens (tertiary/aromatic N) is 1. The standard InChI is InChI=1S/C15H19NO3S/c1-4-16(9-12(2)3)14(17)10-19-15(18)6-5-13-7-8-20-11-13/h5-8,11H,2,4,9-10H2,1,3H3/b6-5+. The Morgan fingerprint density at radius 3 is 2.80 bits per heavy atom. The van der Waals surface area contributed by atoms with Crippen molar-refractivity contribution in [2.24, 2.45) is 0 Å². The van der Waals surface area contributed by atoms with E-state index < -0.39 is 5.97 Å². The molecule has 0 unspecified atom stereocenters. The minimum atomic E-state index is -0.518. The lowest BCUT2D eigenvalue weighted by Gasteiger charge is -2.20. The van der Waals surface area contributed by atoms with Gasteiger partial charge in [-0.15, -0.1) is 0 Å². The van der Waals surface area contributed by atoms with E-state index in [4.69, 9.17) is 4.74 Å². The molecule has 108 valence electrons. The second kappa shape index (κ2) is 8.32. The maximum absolute atomic E-state index is 11.8. The lowest BCUT2D eigenvalue weighted by atomic mass is 10.3. The van der Waals surface area contributed by atoms with Crippen molar-refractivity contribution < 1.29 is 14.3 Å². The highest BCUT2D eigenvalue weighted by Gasteiger charge is 2.13. The summed E-state index contributed by atoms with van der Waals surface area (Å²) in [6, 6.07) is 1.89. The molecule has 4 nitrogen and oxygen atoms in total. The van der Waals surface area contributed by atoms with E-state index in [-0.39, 0.29) is 12.5 Å². The molecular weight excluding hydrogens is 274 g/mol. The Bertz CT molecular complexity index is 491. The van der Waals surface area contributed by atoms with Gasteiger partial charge < -0.3 is 9.64 Å². The Kier molecular flexibility index (Phi) is 6.73. The topological polar surface area (TPSA) is 46.6 Å². The first-order valence-corrected chi connectivity index (χ1v) is 7.26. The van der Waals surface area contributed by atoms with E-state index in [1.807, 2.05) is 30.7 Å². The van der Waals surface area contributed by atoms with Crippen LogP contribution in [-0.4, -0.2) is 36.5 Å². The number of thiophene rings is 1. The molecule has 0 spiro atoms. The summed E-state index contributed by atoms with van der Waals surface area (Å²) in [6.45, 7) is 8.30. The molecule has 1 aromatic rings. The molecule has 0 bridgehead atoms. The fourth-order valence-electron chi connectivity index (χ4n) is 1.51. The summed E-state index contributed by atoms with van der Waals surface area (Å²) in [4.78, 5) is 24.9. The first kappa shape index (κ1) is 16.2. The Morgan fingerprint density at radius 2 is 2.25 bits per heavy atom. The minimum absolute atomic E-state index is 0.215. The molecule has 0 aliphatic carbocycles. The Labute approximate surface area is 123 Å². The maximum atomic E-state index is 11.8. The van der Waals surface area contributed by atoms with E-state index in [0.717, 1.165) is 11.1 Å². The maximum Gasteiger partial charge on any atom is 0.331 e. The van der Waals surface area contributed by atoms with E-state index >= 15 is 0 Å². The lowest BCUT2D eigenvalue weighted by Crippen LogP contribution is -2.35. The minimum Gasteiger partial charge on any atom is -0.452 e. The molecule has 1 rings (SSSR count). The van der Waals surface area contributed by atoms with Crippen molar-refractivity contribution >= 4 is 29.3 Å². The van der Waals surface area contributed by atoms with Gasteiger partial charge in [-0.1, -0.05) is 12.2 Å². The Hall–Kier alpha value is -1.88. The van der Waals surface area contributed by atoms with Crippen LogP contribution in [0.1, 0.15) is 19.4 Å².